The number of imidazole rings is 1. The van der Waals surface area contributed by atoms with Gasteiger partial charge < -0.3 is 10.3 Å². The number of benzene rings is 3. The highest BCUT2D eigenvalue weighted by Gasteiger charge is 2.17. The molecule has 0 fully saturated rings. The molecule has 34 heavy (non-hydrogen) atoms. The van der Waals surface area contributed by atoms with E-state index in [2.05, 4.69) is 10.1 Å². The average Bonchev–Trinajstić information content (AvgIpc) is 3.28. The summed E-state index contributed by atoms with van der Waals surface area (Å²) in [6.07, 6.45) is 2.89. The first kappa shape index (κ1) is 23.7. The summed E-state index contributed by atoms with van der Waals surface area (Å²) < 4.78 is 26.2. The third kappa shape index (κ3) is 4.61. The molecule has 0 aliphatic carbocycles. The lowest BCUT2D eigenvalue weighted by molar-refractivity contribution is 0.278. The van der Waals surface area contributed by atoms with Gasteiger partial charge in [-0.15, -0.1) is 0 Å². The van der Waals surface area contributed by atoms with Crippen LogP contribution in [0.5, 0.6) is 0 Å². The third-order valence-corrected chi connectivity index (χ3v) is 6.97. The number of aliphatic hydroxyl groups is 1. The number of hydrogen-bond donors (Lipinski definition) is 2. The van der Waals surface area contributed by atoms with Gasteiger partial charge in [0.05, 0.1) is 16.5 Å². The summed E-state index contributed by atoms with van der Waals surface area (Å²) in [6, 6.07) is 19.8. The Labute approximate surface area is 202 Å². The minimum absolute atomic E-state index is 0.107. The Balaban J connectivity index is 1.80. The Kier molecular flexibility index (Phi) is 6.56. The second-order valence-electron chi connectivity index (χ2n) is 7.78. The molecule has 1 heterocycles. The van der Waals surface area contributed by atoms with Crippen LogP contribution in [0.4, 0.5) is 0 Å². The van der Waals surface area contributed by atoms with Crippen molar-refractivity contribution in [1.29, 1.82) is 0 Å². The van der Waals surface area contributed by atoms with Crippen LogP contribution >= 0.6 is 11.6 Å². The maximum Gasteiger partial charge on any atom is 0.175 e. The highest BCUT2D eigenvalue weighted by molar-refractivity contribution is 7.90. The van der Waals surface area contributed by atoms with Crippen molar-refractivity contribution in [2.45, 2.75) is 18.4 Å². The minimum atomic E-state index is -3.49. The molecule has 0 atom stereocenters. The molecule has 2 N–H and O–H groups in total. The molecule has 0 aliphatic heterocycles. The monoisotopic (exact) mass is 495 g/mol. The third-order valence-electron chi connectivity index (χ3n) is 5.46. The van der Waals surface area contributed by atoms with Crippen LogP contribution in [0.2, 0.25) is 5.02 Å². The highest BCUT2D eigenvalue weighted by atomic mass is 35.5. The first-order valence-electron chi connectivity index (χ1n) is 10.3. The van der Waals surface area contributed by atoms with Crippen molar-refractivity contribution >= 4 is 27.1 Å². The van der Waals surface area contributed by atoms with Crippen LogP contribution in [-0.4, -0.2) is 40.3 Å². The molecular weight excluding hydrogens is 474 g/mol. The molecule has 0 saturated carbocycles. The van der Waals surface area contributed by atoms with Crippen molar-refractivity contribution < 1.29 is 18.7 Å². The largest absolute Gasteiger partial charge is 0.411 e. The van der Waals surface area contributed by atoms with E-state index in [4.69, 9.17) is 11.6 Å². The maximum atomic E-state index is 12.2. The lowest BCUT2D eigenvalue weighted by Crippen LogP contribution is -2.03. The van der Waals surface area contributed by atoms with Crippen molar-refractivity contribution in [3.63, 3.8) is 0 Å². The summed E-state index contributed by atoms with van der Waals surface area (Å²) in [5.74, 6) is 0.586. The number of sulfone groups is 1. The summed E-state index contributed by atoms with van der Waals surface area (Å²) >= 11 is 6.42. The van der Waals surface area contributed by atoms with Crippen LogP contribution in [0.25, 0.3) is 28.2 Å². The fourth-order valence-corrected chi connectivity index (χ4v) is 4.83. The van der Waals surface area contributed by atoms with Gasteiger partial charge in [0, 0.05) is 23.7 Å². The molecule has 3 aromatic carbocycles. The van der Waals surface area contributed by atoms with Crippen molar-refractivity contribution in [3.05, 3.63) is 89.2 Å². The van der Waals surface area contributed by atoms with Gasteiger partial charge in [-0.2, -0.15) is 0 Å². The van der Waals surface area contributed by atoms with Crippen LogP contribution in [0.1, 0.15) is 18.2 Å². The van der Waals surface area contributed by atoms with Gasteiger partial charge in [-0.1, -0.05) is 53.2 Å². The zero-order chi connectivity index (χ0) is 24.5. The van der Waals surface area contributed by atoms with Crippen LogP contribution in [0.15, 0.2) is 83.0 Å². The summed E-state index contributed by atoms with van der Waals surface area (Å²) in [5, 5.41) is 22.5. The summed E-state index contributed by atoms with van der Waals surface area (Å²) in [5.41, 5.74) is 4.26. The van der Waals surface area contributed by atoms with Crippen molar-refractivity contribution in [1.82, 2.24) is 9.55 Å². The van der Waals surface area contributed by atoms with E-state index in [-0.39, 0.29) is 11.5 Å². The van der Waals surface area contributed by atoms with E-state index in [1.807, 2.05) is 47.0 Å². The number of rotatable bonds is 6. The predicted molar refractivity (Wildman–Crippen MR) is 132 cm³/mol. The Morgan fingerprint density at radius 2 is 1.74 bits per heavy atom. The van der Waals surface area contributed by atoms with E-state index in [9.17, 15) is 18.7 Å². The van der Waals surface area contributed by atoms with Gasteiger partial charge in [0.1, 0.15) is 17.2 Å². The molecule has 9 heteroatoms. The van der Waals surface area contributed by atoms with Crippen LogP contribution in [0.3, 0.4) is 0 Å². The zero-order valence-corrected chi connectivity index (χ0v) is 20.0. The number of oxime groups is 1. The molecule has 0 radical (unpaired) electrons. The van der Waals surface area contributed by atoms with Gasteiger partial charge in [0.2, 0.25) is 0 Å². The van der Waals surface area contributed by atoms with Crippen molar-refractivity contribution in [3.8, 4) is 28.2 Å². The summed E-state index contributed by atoms with van der Waals surface area (Å²) in [4.78, 5) is 4.73. The molecule has 0 saturated heterocycles. The number of aromatic nitrogens is 2. The van der Waals surface area contributed by atoms with Gasteiger partial charge >= 0.3 is 0 Å². The first-order valence-corrected chi connectivity index (χ1v) is 12.6. The lowest BCUT2D eigenvalue weighted by Gasteiger charge is -2.12. The smallest absolute Gasteiger partial charge is 0.175 e. The number of nitrogens with zero attached hydrogens (tertiary/aromatic N) is 3. The number of aliphatic hydroxyl groups excluding tert-OH is 1. The predicted octanol–water partition coefficient (Wildman–Crippen LogP) is 4.95. The van der Waals surface area contributed by atoms with Crippen molar-refractivity contribution in [2.24, 2.45) is 5.16 Å². The second-order valence-corrected chi connectivity index (χ2v) is 10.2. The summed E-state index contributed by atoms with van der Waals surface area (Å²) in [6.45, 7) is 1.30. The Bertz CT molecular complexity index is 1490. The normalized spacial score (nSPS) is 12.2. The average molecular weight is 496 g/mol. The van der Waals surface area contributed by atoms with E-state index >= 15 is 0 Å². The molecule has 1 aromatic heterocycles. The SMILES string of the molecule is CC(=NO)c1cn(-c2ccc(-c3ccc(CO)c(S(C)(=O)=O)c3)cc2)c(-c2ccccc2Cl)n1. The van der Waals surface area contributed by atoms with Gasteiger partial charge in [-0.25, -0.2) is 13.4 Å². The Hall–Kier alpha value is -3.46. The molecule has 4 rings (SSSR count). The fourth-order valence-electron chi connectivity index (χ4n) is 3.66. The van der Waals surface area contributed by atoms with Gasteiger partial charge in [0.25, 0.3) is 0 Å². The maximum absolute atomic E-state index is 12.2. The molecule has 0 bridgehead atoms. The molecule has 0 amide bonds. The highest BCUT2D eigenvalue weighted by Crippen LogP contribution is 2.31. The quantitative estimate of drug-likeness (QED) is 0.223. The molecule has 0 aliphatic rings. The molecule has 0 spiro atoms. The fraction of sp³-hybridized carbons (Fsp3) is 0.120. The van der Waals surface area contributed by atoms with E-state index in [1.165, 1.54) is 0 Å². The standard InChI is InChI=1S/C25H22ClN3O4S/c1-16(28-31)23-14-29(25(27-23)21-5-3-4-6-22(21)26)20-11-9-17(10-12-20)18-7-8-19(15-30)24(13-18)34(2,32)33/h3-14,30-31H,15H2,1-2H3. The van der Waals surface area contributed by atoms with E-state index < -0.39 is 9.84 Å². The lowest BCUT2D eigenvalue weighted by atomic mass is 10.0. The van der Waals surface area contributed by atoms with Crippen LogP contribution in [-0.2, 0) is 16.4 Å². The minimum Gasteiger partial charge on any atom is -0.411 e. The molecular formula is C25H22ClN3O4S. The van der Waals surface area contributed by atoms with Crippen LogP contribution < -0.4 is 0 Å². The first-order chi connectivity index (χ1) is 16.2. The van der Waals surface area contributed by atoms with E-state index in [0.717, 1.165) is 23.1 Å². The molecule has 174 valence electrons. The van der Waals surface area contributed by atoms with Crippen LogP contribution in [0, 0.1) is 0 Å². The summed E-state index contributed by atoms with van der Waals surface area (Å²) in [7, 11) is -3.49. The second kappa shape index (κ2) is 9.42. The number of halogens is 1. The molecule has 4 aromatic rings. The van der Waals surface area contributed by atoms with Gasteiger partial charge in [-0.3, -0.25) is 4.57 Å². The van der Waals surface area contributed by atoms with E-state index in [0.29, 0.717) is 33.4 Å². The topological polar surface area (TPSA) is 105 Å². The van der Waals surface area contributed by atoms with Gasteiger partial charge in [0.15, 0.2) is 9.84 Å². The number of hydrogen-bond acceptors (Lipinski definition) is 6. The van der Waals surface area contributed by atoms with E-state index in [1.54, 1.807) is 37.4 Å². The Morgan fingerprint density at radius 1 is 1.06 bits per heavy atom. The Morgan fingerprint density at radius 3 is 2.35 bits per heavy atom. The zero-order valence-electron chi connectivity index (χ0n) is 18.5. The van der Waals surface area contributed by atoms with Crippen molar-refractivity contribution in [2.75, 3.05) is 6.26 Å². The van der Waals surface area contributed by atoms with Gasteiger partial charge in [-0.05, 0) is 53.9 Å². The molecule has 0 unspecified atom stereocenters. The molecule has 7 nitrogen and oxygen atoms in total.